The lowest BCUT2D eigenvalue weighted by atomic mass is 9.48. The zero-order valence-electron chi connectivity index (χ0n) is 13.3. The van der Waals surface area contributed by atoms with E-state index in [1.54, 1.807) is 0 Å². The highest BCUT2D eigenvalue weighted by Crippen LogP contribution is 2.61. The van der Waals surface area contributed by atoms with Crippen molar-refractivity contribution in [3.63, 3.8) is 0 Å². The van der Waals surface area contributed by atoms with Crippen LogP contribution in [-0.2, 0) is 10.0 Å². The summed E-state index contributed by atoms with van der Waals surface area (Å²) in [6.07, 6.45) is 8.96. The van der Waals surface area contributed by atoms with Crippen molar-refractivity contribution in [2.24, 2.45) is 23.2 Å². The summed E-state index contributed by atoms with van der Waals surface area (Å²) in [5.74, 6) is 2.43. The van der Waals surface area contributed by atoms with Crippen LogP contribution in [0.3, 0.4) is 0 Å². The van der Waals surface area contributed by atoms with Gasteiger partial charge in [-0.15, -0.1) is 0 Å². The predicted molar refractivity (Wildman–Crippen MR) is 89.6 cm³/mol. The fraction of sp³-hybridized carbons (Fsp3) is 0.706. The Morgan fingerprint density at radius 1 is 1.17 bits per heavy atom. The molecular weight excluding hydrogens is 332 g/mol. The van der Waals surface area contributed by atoms with E-state index in [4.69, 9.17) is 11.6 Å². The summed E-state index contributed by atoms with van der Waals surface area (Å²) in [5.41, 5.74) is 0.154. The molecule has 4 fully saturated rings. The van der Waals surface area contributed by atoms with E-state index < -0.39 is 10.0 Å². The first kappa shape index (κ1) is 15.9. The lowest BCUT2D eigenvalue weighted by Crippen LogP contribution is -2.55. The largest absolute Gasteiger partial charge is 0.243 e. The molecule has 5 rings (SSSR count). The highest BCUT2D eigenvalue weighted by molar-refractivity contribution is 7.89. The van der Waals surface area contributed by atoms with Gasteiger partial charge in [0.05, 0.1) is 0 Å². The highest BCUT2D eigenvalue weighted by Gasteiger charge is 2.53. The lowest BCUT2D eigenvalue weighted by Gasteiger charge is -2.59. The molecule has 1 aromatic heterocycles. The van der Waals surface area contributed by atoms with Gasteiger partial charge >= 0.3 is 0 Å². The van der Waals surface area contributed by atoms with E-state index >= 15 is 0 Å². The number of hydrogen-bond acceptors (Lipinski definition) is 3. The van der Waals surface area contributed by atoms with Gasteiger partial charge in [0, 0.05) is 12.2 Å². The molecule has 4 bridgehead atoms. The Morgan fingerprint density at radius 3 is 2.22 bits per heavy atom. The van der Waals surface area contributed by atoms with Crippen LogP contribution >= 0.6 is 11.6 Å². The first-order chi connectivity index (χ1) is 10.9. The smallest absolute Gasteiger partial charge is 0.242 e. The summed E-state index contributed by atoms with van der Waals surface area (Å²) in [5, 5.41) is 0.304. The Balaban J connectivity index is 1.55. The number of sulfonamides is 1. The molecule has 1 unspecified atom stereocenters. The Labute approximate surface area is 143 Å². The molecule has 4 aliphatic rings. The Bertz CT molecular complexity index is 667. The number of pyridine rings is 1. The van der Waals surface area contributed by atoms with Crippen LogP contribution in [0, 0.1) is 23.2 Å². The number of rotatable bonds is 4. The number of hydrogen-bond donors (Lipinski definition) is 1. The van der Waals surface area contributed by atoms with Crippen LogP contribution in [0.15, 0.2) is 23.2 Å². The lowest BCUT2D eigenvalue weighted by molar-refractivity contribution is -0.0666. The Morgan fingerprint density at radius 2 is 1.74 bits per heavy atom. The van der Waals surface area contributed by atoms with Gasteiger partial charge in [0.25, 0.3) is 0 Å². The number of nitrogens with zero attached hydrogens (tertiary/aromatic N) is 1. The standard InChI is InChI=1S/C17H23ClN2O2S/c1-11(20-23(21,22)15-2-3-16(18)19-10-15)17-7-12-4-13(8-17)6-14(5-12)9-17/h2-3,10-14,20H,4-9H2,1H3. The molecule has 4 saturated carbocycles. The van der Waals surface area contributed by atoms with Crippen LogP contribution in [0.25, 0.3) is 0 Å². The Kier molecular flexibility index (Phi) is 3.74. The molecule has 1 atom stereocenters. The normalized spacial score (nSPS) is 37.0. The average molecular weight is 355 g/mol. The van der Waals surface area contributed by atoms with Gasteiger partial charge in [0.15, 0.2) is 0 Å². The molecule has 0 aliphatic heterocycles. The molecular formula is C17H23ClN2O2S. The van der Waals surface area contributed by atoms with Crippen molar-refractivity contribution < 1.29 is 8.42 Å². The van der Waals surface area contributed by atoms with Crippen molar-refractivity contribution in [2.45, 2.75) is 56.4 Å². The molecule has 4 nitrogen and oxygen atoms in total. The molecule has 4 aliphatic carbocycles. The van der Waals surface area contributed by atoms with Crippen molar-refractivity contribution in [2.75, 3.05) is 0 Å². The van der Waals surface area contributed by atoms with Crippen LogP contribution in [-0.4, -0.2) is 19.4 Å². The van der Waals surface area contributed by atoms with E-state index in [0.717, 1.165) is 17.8 Å². The zero-order chi connectivity index (χ0) is 16.2. The Hall–Kier alpha value is -0.650. The predicted octanol–water partition coefficient (Wildman–Crippen LogP) is 3.62. The third-order valence-corrected chi connectivity index (χ3v) is 8.10. The fourth-order valence-electron chi connectivity index (χ4n) is 5.65. The fourth-order valence-corrected chi connectivity index (χ4v) is 7.06. The van der Waals surface area contributed by atoms with Gasteiger partial charge in [-0.25, -0.2) is 18.1 Å². The first-order valence-corrected chi connectivity index (χ1v) is 10.4. The second-order valence-corrected chi connectivity index (χ2v) is 10.0. The summed E-state index contributed by atoms with van der Waals surface area (Å²) in [4.78, 5) is 4.08. The van der Waals surface area contributed by atoms with Gasteiger partial charge in [-0.05, 0) is 80.8 Å². The molecule has 6 heteroatoms. The van der Waals surface area contributed by atoms with Crippen LogP contribution in [0.5, 0.6) is 0 Å². The van der Waals surface area contributed by atoms with Crippen LogP contribution in [0.1, 0.15) is 45.4 Å². The first-order valence-electron chi connectivity index (χ1n) is 8.50. The molecule has 23 heavy (non-hydrogen) atoms. The van der Waals surface area contributed by atoms with Crippen LogP contribution in [0.2, 0.25) is 5.15 Å². The summed E-state index contributed by atoms with van der Waals surface area (Å²) in [6.45, 7) is 2.05. The minimum Gasteiger partial charge on any atom is -0.243 e. The third-order valence-electron chi connectivity index (χ3n) is 6.35. The van der Waals surface area contributed by atoms with Crippen molar-refractivity contribution in [1.29, 1.82) is 0 Å². The monoisotopic (exact) mass is 354 g/mol. The SMILES string of the molecule is CC(NS(=O)(=O)c1ccc(Cl)nc1)C12CC3CC(CC(C3)C1)C2. The molecule has 0 radical (unpaired) electrons. The van der Waals surface area contributed by atoms with Gasteiger partial charge in [-0.2, -0.15) is 0 Å². The third kappa shape index (κ3) is 2.81. The molecule has 0 aromatic carbocycles. The van der Waals surface area contributed by atoms with E-state index in [2.05, 4.69) is 9.71 Å². The van der Waals surface area contributed by atoms with Crippen LogP contribution in [0.4, 0.5) is 0 Å². The van der Waals surface area contributed by atoms with E-state index in [1.807, 2.05) is 6.92 Å². The van der Waals surface area contributed by atoms with Crippen molar-refractivity contribution >= 4 is 21.6 Å². The quantitative estimate of drug-likeness (QED) is 0.840. The highest BCUT2D eigenvalue weighted by atomic mass is 35.5. The minimum absolute atomic E-state index is 0.0309. The molecule has 126 valence electrons. The van der Waals surface area contributed by atoms with Gasteiger partial charge in [-0.1, -0.05) is 11.6 Å². The van der Waals surface area contributed by atoms with E-state index in [-0.39, 0.29) is 16.4 Å². The van der Waals surface area contributed by atoms with Crippen molar-refractivity contribution in [3.05, 3.63) is 23.5 Å². The topological polar surface area (TPSA) is 59.1 Å². The number of halogens is 1. The van der Waals surface area contributed by atoms with E-state index in [9.17, 15) is 8.42 Å². The van der Waals surface area contributed by atoms with Crippen LogP contribution < -0.4 is 4.72 Å². The molecule has 1 N–H and O–H groups in total. The van der Waals surface area contributed by atoms with E-state index in [1.165, 1.54) is 56.9 Å². The van der Waals surface area contributed by atoms with Gasteiger partial charge in [0.1, 0.15) is 10.0 Å². The van der Waals surface area contributed by atoms with Crippen molar-refractivity contribution in [3.8, 4) is 0 Å². The molecule has 1 heterocycles. The number of nitrogens with one attached hydrogen (secondary N) is 1. The second kappa shape index (κ2) is 5.43. The van der Waals surface area contributed by atoms with Crippen molar-refractivity contribution in [1.82, 2.24) is 9.71 Å². The van der Waals surface area contributed by atoms with Gasteiger partial charge in [0.2, 0.25) is 10.0 Å². The summed E-state index contributed by atoms with van der Waals surface area (Å²) in [6, 6.07) is 3.01. The number of aromatic nitrogens is 1. The maximum Gasteiger partial charge on any atom is 0.242 e. The summed E-state index contributed by atoms with van der Waals surface area (Å²) >= 11 is 5.75. The van der Waals surface area contributed by atoms with Gasteiger partial charge in [-0.3, -0.25) is 0 Å². The second-order valence-electron chi connectivity index (χ2n) is 7.94. The molecule has 1 aromatic rings. The molecule has 0 amide bonds. The summed E-state index contributed by atoms with van der Waals surface area (Å²) < 4.78 is 28.2. The molecule has 0 spiro atoms. The summed E-state index contributed by atoms with van der Waals surface area (Å²) in [7, 11) is -3.54. The maximum atomic E-state index is 12.7. The zero-order valence-corrected chi connectivity index (χ0v) is 14.9. The average Bonchev–Trinajstić information content (AvgIpc) is 2.45. The van der Waals surface area contributed by atoms with Gasteiger partial charge < -0.3 is 0 Å². The molecule has 0 saturated heterocycles. The van der Waals surface area contributed by atoms with E-state index in [0.29, 0.717) is 5.15 Å². The maximum absolute atomic E-state index is 12.7. The minimum atomic E-state index is -3.54.